The lowest BCUT2D eigenvalue weighted by Gasteiger charge is -2.13. The highest BCUT2D eigenvalue weighted by atomic mass is 19.1. The summed E-state index contributed by atoms with van der Waals surface area (Å²) in [4.78, 5) is 24.3. The zero-order valence-electron chi connectivity index (χ0n) is 14.5. The van der Waals surface area contributed by atoms with E-state index < -0.39 is 5.91 Å². The molecule has 3 rings (SSSR count). The zero-order valence-corrected chi connectivity index (χ0v) is 14.5. The number of halogens is 1. The van der Waals surface area contributed by atoms with E-state index in [9.17, 15) is 14.0 Å². The number of rotatable bonds is 4. The minimum Gasteiger partial charge on any atom is -0.483 e. The molecule has 2 aromatic carbocycles. The van der Waals surface area contributed by atoms with E-state index >= 15 is 0 Å². The minimum atomic E-state index is -0.406. The van der Waals surface area contributed by atoms with Crippen LogP contribution >= 0.6 is 0 Å². The number of amides is 1. The molecule has 1 atom stereocenters. The first-order chi connectivity index (χ1) is 11.9. The summed E-state index contributed by atoms with van der Waals surface area (Å²) in [6.45, 7) is 5.39. The van der Waals surface area contributed by atoms with Crippen LogP contribution in [0.25, 0.3) is 0 Å². The number of hydrogen-bond donors (Lipinski definition) is 1. The predicted molar refractivity (Wildman–Crippen MR) is 93.8 cm³/mol. The fraction of sp³-hybridized carbons (Fsp3) is 0.300. The van der Waals surface area contributed by atoms with Crippen molar-refractivity contribution in [3.05, 3.63) is 58.4 Å². The number of nitrogens with one attached hydrogen (secondary N) is 1. The molecule has 1 aliphatic carbocycles. The summed E-state index contributed by atoms with van der Waals surface area (Å²) in [6.07, 6.45) is 0.464. The van der Waals surface area contributed by atoms with Gasteiger partial charge in [-0.25, -0.2) is 4.39 Å². The van der Waals surface area contributed by atoms with Crippen LogP contribution in [-0.4, -0.2) is 18.3 Å². The van der Waals surface area contributed by atoms with Gasteiger partial charge in [-0.05, 0) is 54.7 Å². The van der Waals surface area contributed by atoms with Gasteiger partial charge in [0.05, 0.1) is 5.56 Å². The van der Waals surface area contributed by atoms with Crippen molar-refractivity contribution in [2.24, 2.45) is 0 Å². The second-order valence-electron chi connectivity index (χ2n) is 6.50. The molecule has 0 spiro atoms. The predicted octanol–water partition coefficient (Wildman–Crippen LogP) is 4.15. The van der Waals surface area contributed by atoms with E-state index in [4.69, 9.17) is 4.74 Å². The largest absolute Gasteiger partial charge is 0.483 e. The Morgan fingerprint density at radius 2 is 1.96 bits per heavy atom. The van der Waals surface area contributed by atoms with Gasteiger partial charge in [0.2, 0.25) is 0 Å². The Kier molecular flexibility index (Phi) is 4.57. The van der Waals surface area contributed by atoms with Crippen LogP contribution in [0.4, 0.5) is 10.1 Å². The van der Waals surface area contributed by atoms with Crippen molar-refractivity contribution in [2.45, 2.75) is 33.1 Å². The number of fused-ring (bicyclic) bond motifs is 1. The van der Waals surface area contributed by atoms with E-state index in [1.54, 1.807) is 25.1 Å². The van der Waals surface area contributed by atoms with Gasteiger partial charge in [0.1, 0.15) is 11.6 Å². The van der Waals surface area contributed by atoms with Gasteiger partial charge in [-0.3, -0.25) is 9.59 Å². The van der Waals surface area contributed by atoms with Crippen molar-refractivity contribution < 1.29 is 18.7 Å². The Bertz CT molecular complexity index is 860. The number of hydrogen-bond acceptors (Lipinski definition) is 3. The SMILES string of the molecule is Cc1ccc(NC(=O)COc2ccc(C)c3c2C(=O)CC3C)cc1F. The second kappa shape index (κ2) is 6.67. The maximum Gasteiger partial charge on any atom is 0.262 e. The quantitative estimate of drug-likeness (QED) is 0.909. The topological polar surface area (TPSA) is 55.4 Å². The molecule has 2 aromatic rings. The van der Waals surface area contributed by atoms with Gasteiger partial charge in [0.15, 0.2) is 12.4 Å². The third-order valence-electron chi connectivity index (χ3n) is 4.50. The van der Waals surface area contributed by atoms with Crippen molar-refractivity contribution in [1.82, 2.24) is 0 Å². The Labute approximate surface area is 146 Å². The molecule has 0 aliphatic heterocycles. The van der Waals surface area contributed by atoms with Gasteiger partial charge < -0.3 is 10.1 Å². The van der Waals surface area contributed by atoms with Gasteiger partial charge >= 0.3 is 0 Å². The normalized spacial score (nSPS) is 15.8. The average molecular weight is 341 g/mol. The molecule has 5 heteroatoms. The first-order valence-electron chi connectivity index (χ1n) is 8.22. The van der Waals surface area contributed by atoms with Crippen LogP contribution in [0.5, 0.6) is 5.75 Å². The van der Waals surface area contributed by atoms with Crippen molar-refractivity contribution in [2.75, 3.05) is 11.9 Å². The molecule has 1 aliphatic rings. The van der Waals surface area contributed by atoms with Gasteiger partial charge in [-0.15, -0.1) is 0 Å². The maximum atomic E-state index is 13.5. The molecule has 4 nitrogen and oxygen atoms in total. The smallest absolute Gasteiger partial charge is 0.262 e. The molecule has 1 N–H and O–H groups in total. The van der Waals surface area contributed by atoms with Gasteiger partial charge in [0, 0.05) is 12.1 Å². The highest BCUT2D eigenvalue weighted by Gasteiger charge is 2.31. The molecule has 0 saturated heterocycles. The maximum absolute atomic E-state index is 13.5. The molecule has 0 aromatic heterocycles. The highest BCUT2D eigenvalue weighted by molar-refractivity contribution is 6.04. The van der Waals surface area contributed by atoms with E-state index in [0.717, 1.165) is 11.1 Å². The van der Waals surface area contributed by atoms with E-state index in [0.29, 0.717) is 29.0 Å². The van der Waals surface area contributed by atoms with Gasteiger partial charge in [-0.1, -0.05) is 19.1 Å². The number of anilines is 1. The van der Waals surface area contributed by atoms with E-state index in [1.165, 1.54) is 6.07 Å². The Balaban J connectivity index is 1.71. The van der Waals surface area contributed by atoms with Crippen molar-refractivity contribution in [3.63, 3.8) is 0 Å². The minimum absolute atomic E-state index is 0.0437. The number of aryl methyl sites for hydroxylation is 2. The van der Waals surface area contributed by atoms with Gasteiger partial charge in [-0.2, -0.15) is 0 Å². The summed E-state index contributed by atoms with van der Waals surface area (Å²) < 4.78 is 19.1. The lowest BCUT2D eigenvalue weighted by Crippen LogP contribution is -2.21. The average Bonchev–Trinajstić information content (AvgIpc) is 2.86. The highest BCUT2D eigenvalue weighted by Crippen LogP contribution is 2.40. The van der Waals surface area contributed by atoms with Crippen LogP contribution < -0.4 is 10.1 Å². The van der Waals surface area contributed by atoms with Crippen molar-refractivity contribution in [1.29, 1.82) is 0 Å². The number of Topliss-reactive ketones (excluding diaryl/α,β-unsaturated/α-hetero) is 1. The zero-order chi connectivity index (χ0) is 18.1. The third-order valence-corrected chi connectivity index (χ3v) is 4.50. The Morgan fingerprint density at radius 3 is 2.68 bits per heavy atom. The van der Waals surface area contributed by atoms with Crippen LogP contribution in [-0.2, 0) is 4.79 Å². The molecular weight excluding hydrogens is 321 g/mol. The molecule has 0 heterocycles. The molecule has 0 fully saturated rings. The number of benzene rings is 2. The summed E-state index contributed by atoms with van der Waals surface area (Å²) in [5, 5.41) is 2.59. The lowest BCUT2D eigenvalue weighted by atomic mass is 9.97. The van der Waals surface area contributed by atoms with Crippen LogP contribution in [0.3, 0.4) is 0 Å². The van der Waals surface area contributed by atoms with E-state index in [-0.39, 0.29) is 24.1 Å². The molecule has 0 saturated carbocycles. The van der Waals surface area contributed by atoms with Crippen LogP contribution in [0.2, 0.25) is 0 Å². The monoisotopic (exact) mass is 341 g/mol. The molecule has 0 bridgehead atoms. The first-order valence-corrected chi connectivity index (χ1v) is 8.22. The summed E-state index contributed by atoms with van der Waals surface area (Å²) in [7, 11) is 0. The van der Waals surface area contributed by atoms with Crippen LogP contribution in [0, 0.1) is 19.7 Å². The van der Waals surface area contributed by atoms with E-state index in [2.05, 4.69) is 5.32 Å². The molecular formula is C20H20FNO3. The summed E-state index contributed by atoms with van der Waals surface area (Å²) >= 11 is 0. The molecule has 0 radical (unpaired) electrons. The second-order valence-corrected chi connectivity index (χ2v) is 6.50. The Hall–Kier alpha value is -2.69. The molecule has 1 amide bonds. The summed E-state index contributed by atoms with van der Waals surface area (Å²) in [5.74, 6) is -0.150. The van der Waals surface area contributed by atoms with E-state index in [1.807, 2.05) is 19.9 Å². The fourth-order valence-electron chi connectivity index (χ4n) is 3.24. The molecule has 130 valence electrons. The number of ether oxygens (including phenoxy) is 1. The lowest BCUT2D eigenvalue weighted by molar-refractivity contribution is -0.118. The number of ketones is 1. The van der Waals surface area contributed by atoms with Crippen molar-refractivity contribution in [3.8, 4) is 5.75 Å². The number of carbonyl (C=O) groups excluding carboxylic acids is 2. The Morgan fingerprint density at radius 1 is 1.24 bits per heavy atom. The fourth-order valence-corrected chi connectivity index (χ4v) is 3.24. The molecule has 1 unspecified atom stereocenters. The first kappa shape index (κ1) is 17.1. The number of carbonyl (C=O) groups is 2. The summed E-state index contributed by atoms with van der Waals surface area (Å²) in [5.41, 5.74) is 3.53. The summed E-state index contributed by atoms with van der Waals surface area (Å²) in [6, 6.07) is 8.12. The van der Waals surface area contributed by atoms with Crippen molar-refractivity contribution >= 4 is 17.4 Å². The standard InChI is InChI=1S/C20H20FNO3/c1-11-4-6-14(9-15(11)21)22-18(24)10-25-17-7-5-12(2)19-13(3)8-16(23)20(17)19/h4-7,9,13H,8,10H2,1-3H3,(H,22,24). The third kappa shape index (κ3) is 3.40. The van der Waals surface area contributed by atoms with Crippen LogP contribution in [0.15, 0.2) is 30.3 Å². The van der Waals surface area contributed by atoms with Gasteiger partial charge in [0.25, 0.3) is 5.91 Å². The molecule has 25 heavy (non-hydrogen) atoms. The van der Waals surface area contributed by atoms with Crippen LogP contribution in [0.1, 0.15) is 46.3 Å².